The molecule has 1 aromatic heterocycles. The Bertz CT molecular complexity index is 479. The monoisotopic (exact) mass is 205 g/mol. The highest BCUT2D eigenvalue weighted by atomic mass is 16.3. The van der Waals surface area contributed by atoms with Gasteiger partial charge in [-0.05, 0) is 19.1 Å². The molecule has 0 unspecified atom stereocenters. The maximum absolute atomic E-state index is 9.64. The molecule has 0 saturated carbocycles. The van der Waals surface area contributed by atoms with E-state index in [0.29, 0.717) is 11.4 Å². The molecule has 15 heavy (non-hydrogen) atoms. The number of aryl methyl sites for hydroxylation is 1. The van der Waals surface area contributed by atoms with Crippen molar-refractivity contribution in [2.75, 3.05) is 0 Å². The minimum absolute atomic E-state index is 0.00213. The molecular weight excluding hydrogens is 194 g/mol. The first-order valence-electron chi connectivity index (χ1n) is 4.62. The Hall–Kier alpha value is -2.04. The molecule has 1 heterocycles. The van der Waals surface area contributed by atoms with Crippen molar-refractivity contribution in [1.29, 1.82) is 0 Å². The molecule has 0 saturated heterocycles. The number of nitrogens with zero attached hydrogens (tertiary/aromatic N) is 3. The van der Waals surface area contributed by atoms with Gasteiger partial charge in [0.15, 0.2) is 5.82 Å². The summed E-state index contributed by atoms with van der Waals surface area (Å²) in [5.41, 5.74) is 0.562. The Labute approximate surface area is 86.6 Å². The van der Waals surface area contributed by atoms with Gasteiger partial charge in [-0.2, -0.15) is 0 Å². The molecule has 2 rings (SSSR count). The molecule has 5 heteroatoms. The number of rotatable bonds is 2. The van der Waals surface area contributed by atoms with Crippen LogP contribution in [0.5, 0.6) is 11.5 Å². The zero-order valence-electron chi connectivity index (χ0n) is 8.25. The Kier molecular flexibility index (Phi) is 2.29. The van der Waals surface area contributed by atoms with Crippen LogP contribution in [0.1, 0.15) is 6.92 Å². The van der Waals surface area contributed by atoms with Gasteiger partial charge in [-0.25, -0.2) is 0 Å². The lowest BCUT2D eigenvalue weighted by Crippen LogP contribution is -1.95. The van der Waals surface area contributed by atoms with Gasteiger partial charge in [0.25, 0.3) is 0 Å². The summed E-state index contributed by atoms with van der Waals surface area (Å²) in [6.45, 7) is 2.69. The summed E-state index contributed by atoms with van der Waals surface area (Å²) in [6, 6.07) is 4.40. The van der Waals surface area contributed by atoms with E-state index in [1.54, 1.807) is 12.4 Å². The van der Waals surface area contributed by atoms with Gasteiger partial charge in [0.1, 0.15) is 17.8 Å². The van der Waals surface area contributed by atoms with E-state index in [2.05, 4.69) is 10.2 Å². The third-order valence-corrected chi connectivity index (χ3v) is 2.18. The van der Waals surface area contributed by atoms with E-state index in [4.69, 9.17) is 5.11 Å². The predicted octanol–water partition coefficient (Wildman–Crippen LogP) is 1.38. The second-order valence-electron chi connectivity index (χ2n) is 3.14. The van der Waals surface area contributed by atoms with Crippen LogP contribution >= 0.6 is 0 Å². The number of hydrogen-bond acceptors (Lipinski definition) is 4. The predicted molar refractivity (Wildman–Crippen MR) is 54.5 cm³/mol. The van der Waals surface area contributed by atoms with Crippen molar-refractivity contribution in [2.24, 2.45) is 0 Å². The van der Waals surface area contributed by atoms with Crippen molar-refractivity contribution >= 4 is 0 Å². The molecule has 0 fully saturated rings. The van der Waals surface area contributed by atoms with Crippen molar-refractivity contribution in [3.63, 3.8) is 0 Å². The fourth-order valence-electron chi connectivity index (χ4n) is 1.40. The quantitative estimate of drug-likeness (QED) is 0.776. The topological polar surface area (TPSA) is 71.2 Å². The van der Waals surface area contributed by atoms with Crippen LogP contribution in [0, 0.1) is 0 Å². The third kappa shape index (κ3) is 1.63. The molecule has 0 aliphatic heterocycles. The molecular formula is C10H11N3O2. The minimum atomic E-state index is -0.00213. The molecule has 78 valence electrons. The average Bonchev–Trinajstić information content (AvgIpc) is 2.65. The van der Waals surface area contributed by atoms with E-state index in [0.717, 1.165) is 6.54 Å². The highest BCUT2D eigenvalue weighted by Gasteiger charge is 2.10. The van der Waals surface area contributed by atoms with Gasteiger partial charge >= 0.3 is 0 Å². The molecule has 5 nitrogen and oxygen atoms in total. The standard InChI is InChI=1S/C10H11N3O2/c1-2-13-6-11-12-10(13)8-4-3-7(14)5-9(8)15/h3-6,14-15H,2H2,1H3. The summed E-state index contributed by atoms with van der Waals surface area (Å²) >= 11 is 0. The molecule has 0 aliphatic rings. The Balaban J connectivity index is 2.54. The largest absolute Gasteiger partial charge is 0.508 e. The number of aromatic hydroxyl groups is 2. The Morgan fingerprint density at radius 3 is 2.80 bits per heavy atom. The van der Waals surface area contributed by atoms with Gasteiger partial charge in [0.05, 0.1) is 5.56 Å². The molecule has 0 spiro atoms. The molecule has 2 aromatic rings. The summed E-state index contributed by atoms with van der Waals surface area (Å²) in [5.74, 6) is 0.617. The van der Waals surface area contributed by atoms with Crippen molar-refractivity contribution in [3.8, 4) is 22.9 Å². The zero-order chi connectivity index (χ0) is 10.8. The van der Waals surface area contributed by atoms with Crippen molar-refractivity contribution in [2.45, 2.75) is 13.5 Å². The number of benzene rings is 1. The van der Waals surface area contributed by atoms with Crippen molar-refractivity contribution in [3.05, 3.63) is 24.5 Å². The van der Waals surface area contributed by atoms with Crippen LogP contribution in [0.3, 0.4) is 0 Å². The third-order valence-electron chi connectivity index (χ3n) is 2.18. The molecule has 0 bridgehead atoms. The fourth-order valence-corrected chi connectivity index (χ4v) is 1.40. The molecule has 0 radical (unpaired) electrons. The summed E-state index contributed by atoms with van der Waals surface area (Å²) < 4.78 is 1.81. The van der Waals surface area contributed by atoms with E-state index in [1.165, 1.54) is 12.1 Å². The van der Waals surface area contributed by atoms with Crippen molar-refractivity contribution in [1.82, 2.24) is 14.8 Å². The lowest BCUT2D eigenvalue weighted by atomic mass is 10.2. The second kappa shape index (κ2) is 3.61. The first kappa shape index (κ1) is 9.51. The first-order valence-corrected chi connectivity index (χ1v) is 4.62. The molecule has 0 atom stereocenters. The Morgan fingerprint density at radius 1 is 1.33 bits per heavy atom. The molecule has 0 aliphatic carbocycles. The highest BCUT2D eigenvalue weighted by Crippen LogP contribution is 2.30. The fraction of sp³-hybridized carbons (Fsp3) is 0.200. The van der Waals surface area contributed by atoms with Gasteiger partial charge in [-0.3, -0.25) is 0 Å². The first-order chi connectivity index (χ1) is 7.22. The van der Waals surface area contributed by atoms with Gasteiger partial charge < -0.3 is 14.8 Å². The van der Waals surface area contributed by atoms with Gasteiger partial charge in [-0.1, -0.05) is 0 Å². The SMILES string of the molecule is CCn1cnnc1-c1ccc(O)cc1O. The van der Waals surface area contributed by atoms with E-state index in [9.17, 15) is 5.11 Å². The summed E-state index contributed by atoms with van der Waals surface area (Å²) in [4.78, 5) is 0. The van der Waals surface area contributed by atoms with Crippen LogP contribution in [-0.4, -0.2) is 25.0 Å². The van der Waals surface area contributed by atoms with Crippen LogP contribution in [0.2, 0.25) is 0 Å². The maximum atomic E-state index is 9.64. The van der Waals surface area contributed by atoms with E-state index < -0.39 is 0 Å². The van der Waals surface area contributed by atoms with Crippen LogP contribution < -0.4 is 0 Å². The van der Waals surface area contributed by atoms with Crippen LogP contribution in [0.4, 0.5) is 0 Å². The number of phenols is 2. The number of phenolic OH excluding ortho intramolecular Hbond substituents is 2. The minimum Gasteiger partial charge on any atom is -0.508 e. The number of aromatic nitrogens is 3. The van der Waals surface area contributed by atoms with E-state index in [1.807, 2.05) is 11.5 Å². The zero-order valence-corrected chi connectivity index (χ0v) is 8.25. The van der Waals surface area contributed by atoms with E-state index in [-0.39, 0.29) is 11.5 Å². The molecule has 2 N–H and O–H groups in total. The van der Waals surface area contributed by atoms with Crippen LogP contribution in [0.25, 0.3) is 11.4 Å². The van der Waals surface area contributed by atoms with Gasteiger partial charge in [0, 0.05) is 12.6 Å². The van der Waals surface area contributed by atoms with Crippen molar-refractivity contribution < 1.29 is 10.2 Å². The number of hydrogen-bond donors (Lipinski definition) is 2. The summed E-state index contributed by atoms with van der Waals surface area (Å²) in [6.07, 6.45) is 1.60. The second-order valence-corrected chi connectivity index (χ2v) is 3.14. The van der Waals surface area contributed by atoms with Crippen LogP contribution in [-0.2, 0) is 6.54 Å². The normalized spacial score (nSPS) is 10.5. The van der Waals surface area contributed by atoms with Crippen LogP contribution in [0.15, 0.2) is 24.5 Å². The lowest BCUT2D eigenvalue weighted by molar-refractivity contribution is 0.451. The molecule has 1 aromatic carbocycles. The summed E-state index contributed by atoms with van der Waals surface area (Å²) in [5, 5.41) is 26.5. The smallest absolute Gasteiger partial charge is 0.167 e. The van der Waals surface area contributed by atoms with Gasteiger partial charge in [0.2, 0.25) is 0 Å². The molecule has 0 amide bonds. The maximum Gasteiger partial charge on any atom is 0.167 e. The lowest BCUT2D eigenvalue weighted by Gasteiger charge is -2.05. The summed E-state index contributed by atoms with van der Waals surface area (Å²) in [7, 11) is 0. The van der Waals surface area contributed by atoms with E-state index >= 15 is 0 Å². The highest BCUT2D eigenvalue weighted by molar-refractivity contribution is 5.65. The van der Waals surface area contributed by atoms with Gasteiger partial charge in [-0.15, -0.1) is 10.2 Å². The average molecular weight is 205 g/mol. The Morgan fingerprint density at radius 2 is 2.13 bits per heavy atom.